The maximum absolute atomic E-state index is 9.73. The number of nitrogens with one attached hydrogen (secondary N) is 1. The molecule has 0 saturated heterocycles. The zero-order valence-corrected chi connectivity index (χ0v) is 18.8. The van der Waals surface area contributed by atoms with E-state index in [0.717, 1.165) is 16.8 Å². The summed E-state index contributed by atoms with van der Waals surface area (Å²) in [6, 6.07) is 3.60. The van der Waals surface area contributed by atoms with Gasteiger partial charge in [0.05, 0.1) is 28.6 Å². The lowest BCUT2D eigenvalue weighted by molar-refractivity contribution is 0.259. The van der Waals surface area contributed by atoms with Crippen LogP contribution in [0.25, 0.3) is 10.3 Å². The van der Waals surface area contributed by atoms with Crippen molar-refractivity contribution in [3.05, 3.63) is 33.5 Å². The number of hydrogen-bond acceptors (Lipinski definition) is 8. The van der Waals surface area contributed by atoms with E-state index >= 15 is 0 Å². The van der Waals surface area contributed by atoms with Gasteiger partial charge < -0.3 is 10.4 Å². The average Bonchev–Trinajstić information content (AvgIpc) is 3.01. The van der Waals surface area contributed by atoms with Crippen LogP contribution in [0.3, 0.4) is 0 Å². The highest BCUT2D eigenvalue weighted by Gasteiger charge is 2.19. The van der Waals surface area contributed by atoms with Gasteiger partial charge in [-0.3, -0.25) is 4.98 Å². The molecule has 0 aliphatic carbocycles. The highest BCUT2D eigenvalue weighted by molar-refractivity contribution is 7.99. The minimum atomic E-state index is -0.104. The number of aliphatic hydroxyl groups excluding tert-OH is 1. The van der Waals surface area contributed by atoms with Crippen LogP contribution < -0.4 is 5.32 Å². The first kappa shape index (κ1) is 21.5. The number of halogens is 2. The Morgan fingerprint density at radius 3 is 2.61 bits per heavy atom. The molecular weight excluding hydrogens is 437 g/mol. The summed E-state index contributed by atoms with van der Waals surface area (Å²) >= 11 is 14.8. The number of nitrogens with zero attached hydrogens (tertiary/aromatic N) is 4. The smallest absolute Gasteiger partial charge is 0.192 e. The standard InChI is InChI=1S/C18H21Cl2N5OS2/c1-9(2)6-12(8-26)22-15-14-16(23-17(20)28-14)25-18(24-15)27-10(3)13-5-4-11(19)7-21-13/h4-5,7,9-10,12,26H,6,8H2,1-3H3,(H,22,24,25)/t10-,12+/m0/s1. The Labute approximate surface area is 182 Å². The first-order chi connectivity index (χ1) is 13.4. The van der Waals surface area contributed by atoms with Gasteiger partial charge in [0.2, 0.25) is 0 Å². The number of pyridine rings is 1. The zero-order chi connectivity index (χ0) is 20.3. The fourth-order valence-electron chi connectivity index (χ4n) is 2.72. The number of aromatic nitrogens is 4. The third kappa shape index (κ3) is 5.45. The van der Waals surface area contributed by atoms with E-state index in [9.17, 15) is 5.11 Å². The summed E-state index contributed by atoms with van der Waals surface area (Å²) in [5, 5.41) is 14.3. The monoisotopic (exact) mass is 457 g/mol. The van der Waals surface area contributed by atoms with Crippen molar-refractivity contribution < 1.29 is 5.11 Å². The van der Waals surface area contributed by atoms with Gasteiger partial charge in [-0.25, -0.2) is 15.0 Å². The molecule has 3 aromatic rings. The Morgan fingerprint density at radius 1 is 1.18 bits per heavy atom. The van der Waals surface area contributed by atoms with Crippen LogP contribution in [0.15, 0.2) is 23.5 Å². The van der Waals surface area contributed by atoms with Gasteiger partial charge >= 0.3 is 0 Å². The van der Waals surface area contributed by atoms with Gasteiger partial charge in [-0.2, -0.15) is 0 Å². The van der Waals surface area contributed by atoms with Crippen molar-refractivity contribution in [3.8, 4) is 0 Å². The average molecular weight is 458 g/mol. The molecule has 0 radical (unpaired) electrons. The SMILES string of the molecule is CC(C)C[C@H](CO)Nc1nc(S[C@@H](C)c2ccc(Cl)cn2)nc2nc(Cl)sc12. The van der Waals surface area contributed by atoms with Crippen LogP contribution in [0.2, 0.25) is 9.49 Å². The lowest BCUT2D eigenvalue weighted by atomic mass is 10.0. The van der Waals surface area contributed by atoms with E-state index in [1.807, 2.05) is 19.1 Å². The van der Waals surface area contributed by atoms with Gasteiger partial charge in [0.25, 0.3) is 0 Å². The van der Waals surface area contributed by atoms with Crippen molar-refractivity contribution in [2.45, 2.75) is 43.6 Å². The first-order valence-electron chi connectivity index (χ1n) is 8.85. The summed E-state index contributed by atoms with van der Waals surface area (Å²) in [6.07, 6.45) is 2.45. The van der Waals surface area contributed by atoms with Crippen LogP contribution in [-0.4, -0.2) is 37.7 Å². The molecule has 10 heteroatoms. The van der Waals surface area contributed by atoms with E-state index in [0.29, 0.717) is 32.0 Å². The minimum absolute atomic E-state index is 0.0176. The second-order valence-electron chi connectivity index (χ2n) is 6.79. The highest BCUT2D eigenvalue weighted by Crippen LogP contribution is 2.36. The Balaban J connectivity index is 1.89. The second-order valence-corrected chi connectivity index (χ2v) is 10.1. The molecule has 0 aliphatic heterocycles. The van der Waals surface area contributed by atoms with E-state index in [1.54, 1.807) is 6.20 Å². The number of hydrogen-bond donors (Lipinski definition) is 2. The van der Waals surface area contributed by atoms with Crippen molar-refractivity contribution in [2.75, 3.05) is 11.9 Å². The molecule has 2 N–H and O–H groups in total. The maximum atomic E-state index is 9.73. The predicted molar refractivity (Wildman–Crippen MR) is 118 cm³/mol. The van der Waals surface area contributed by atoms with Gasteiger partial charge in [-0.15, -0.1) is 0 Å². The Hall–Kier alpha value is -1.19. The quantitative estimate of drug-likeness (QED) is 0.343. The minimum Gasteiger partial charge on any atom is -0.394 e. The molecule has 6 nitrogen and oxygen atoms in total. The molecule has 0 amide bonds. The number of anilines is 1. The Morgan fingerprint density at radius 2 is 1.96 bits per heavy atom. The summed E-state index contributed by atoms with van der Waals surface area (Å²) in [4.78, 5) is 17.9. The van der Waals surface area contributed by atoms with Gasteiger partial charge in [-0.1, -0.05) is 60.1 Å². The largest absolute Gasteiger partial charge is 0.394 e. The Kier molecular flexibility index (Phi) is 7.33. The maximum Gasteiger partial charge on any atom is 0.192 e. The molecule has 0 fully saturated rings. The molecule has 0 spiro atoms. The van der Waals surface area contributed by atoms with Crippen molar-refractivity contribution in [1.82, 2.24) is 19.9 Å². The van der Waals surface area contributed by atoms with Crippen LogP contribution in [0.5, 0.6) is 0 Å². The van der Waals surface area contributed by atoms with Gasteiger partial charge in [0.15, 0.2) is 21.1 Å². The number of aliphatic hydroxyl groups is 1. The molecule has 0 aromatic carbocycles. The van der Waals surface area contributed by atoms with Gasteiger partial charge in [0, 0.05) is 6.20 Å². The fraction of sp³-hybridized carbons (Fsp3) is 0.444. The molecule has 3 aromatic heterocycles. The third-order valence-electron chi connectivity index (χ3n) is 3.97. The molecule has 0 unspecified atom stereocenters. The molecular formula is C18H21Cl2N5OS2. The van der Waals surface area contributed by atoms with E-state index in [2.05, 4.69) is 39.1 Å². The van der Waals surface area contributed by atoms with Crippen molar-refractivity contribution in [2.24, 2.45) is 5.92 Å². The molecule has 2 atom stereocenters. The summed E-state index contributed by atoms with van der Waals surface area (Å²) in [5.41, 5.74) is 1.43. The number of thiazole rings is 1. The van der Waals surface area contributed by atoms with E-state index in [4.69, 9.17) is 23.2 Å². The molecule has 0 aliphatic rings. The summed E-state index contributed by atoms with van der Waals surface area (Å²) in [6.45, 7) is 6.28. The lowest BCUT2D eigenvalue weighted by Gasteiger charge is -2.19. The van der Waals surface area contributed by atoms with Gasteiger partial charge in [-0.05, 0) is 31.4 Å². The van der Waals surface area contributed by atoms with Crippen molar-refractivity contribution in [1.29, 1.82) is 0 Å². The summed E-state index contributed by atoms with van der Waals surface area (Å²) in [5.74, 6) is 1.09. The summed E-state index contributed by atoms with van der Waals surface area (Å²) < 4.78 is 1.19. The van der Waals surface area contributed by atoms with Crippen LogP contribution in [0, 0.1) is 5.92 Å². The van der Waals surface area contributed by atoms with Crippen LogP contribution in [0.1, 0.15) is 38.1 Å². The zero-order valence-electron chi connectivity index (χ0n) is 15.7. The van der Waals surface area contributed by atoms with E-state index < -0.39 is 0 Å². The number of rotatable bonds is 8. The van der Waals surface area contributed by atoms with Crippen molar-refractivity contribution in [3.63, 3.8) is 0 Å². The predicted octanol–water partition coefficient (Wildman–Crippen LogP) is 5.46. The Bertz CT molecular complexity index is 936. The molecule has 150 valence electrons. The summed E-state index contributed by atoms with van der Waals surface area (Å²) in [7, 11) is 0. The second kappa shape index (κ2) is 9.54. The topological polar surface area (TPSA) is 83.8 Å². The molecule has 0 saturated carbocycles. The van der Waals surface area contributed by atoms with Crippen LogP contribution in [0.4, 0.5) is 5.82 Å². The molecule has 3 rings (SSSR count). The lowest BCUT2D eigenvalue weighted by Crippen LogP contribution is -2.26. The first-order valence-corrected chi connectivity index (χ1v) is 11.3. The highest BCUT2D eigenvalue weighted by atomic mass is 35.5. The van der Waals surface area contributed by atoms with Crippen molar-refractivity contribution >= 4 is 62.5 Å². The third-order valence-corrected chi connectivity index (χ3v) is 6.34. The molecule has 0 bridgehead atoms. The van der Waals surface area contributed by atoms with Gasteiger partial charge in [0.1, 0.15) is 4.70 Å². The van der Waals surface area contributed by atoms with Crippen LogP contribution >= 0.6 is 46.3 Å². The van der Waals surface area contributed by atoms with Crippen LogP contribution in [-0.2, 0) is 0 Å². The number of thioether (sulfide) groups is 1. The molecule has 28 heavy (non-hydrogen) atoms. The van der Waals surface area contributed by atoms with E-state index in [-0.39, 0.29) is 17.9 Å². The normalized spacial score (nSPS) is 13.8. The molecule has 3 heterocycles. The van der Waals surface area contributed by atoms with E-state index in [1.165, 1.54) is 23.1 Å². The fourth-order valence-corrected chi connectivity index (χ4v) is 4.68. The number of fused-ring (bicyclic) bond motifs is 1.